The van der Waals surface area contributed by atoms with Crippen molar-refractivity contribution in [1.82, 2.24) is 14.7 Å². The van der Waals surface area contributed by atoms with E-state index in [1.165, 1.54) is 38.5 Å². The zero-order valence-electron chi connectivity index (χ0n) is 18.4. The highest BCUT2D eigenvalue weighted by atomic mass is 32.2. The van der Waals surface area contributed by atoms with Gasteiger partial charge in [-0.1, -0.05) is 12.1 Å². The Morgan fingerprint density at radius 3 is 2.24 bits per heavy atom. The molecule has 0 aliphatic carbocycles. The number of hydrogen-bond acceptors (Lipinski definition) is 7. The van der Waals surface area contributed by atoms with E-state index in [4.69, 9.17) is 14.7 Å². The second kappa shape index (κ2) is 11.0. The molecule has 0 saturated carbocycles. The van der Waals surface area contributed by atoms with Crippen molar-refractivity contribution < 1.29 is 41.6 Å². The first-order chi connectivity index (χ1) is 16.2. The molecule has 1 saturated heterocycles. The van der Waals surface area contributed by atoms with Crippen molar-refractivity contribution in [2.75, 3.05) is 40.4 Å². The molecule has 1 aliphatic rings. The zero-order valence-corrected chi connectivity index (χ0v) is 19.2. The van der Waals surface area contributed by atoms with Crippen LogP contribution in [0.2, 0.25) is 0 Å². The number of nitrogens with one attached hydrogen (secondary N) is 1. The van der Waals surface area contributed by atoms with Gasteiger partial charge in [0.15, 0.2) is 11.5 Å². The molecule has 3 rings (SSSR count). The molecular weight excluding hydrogens is 479 g/mol. The molecule has 0 spiro atoms. The first kappa shape index (κ1) is 25.7. The maximum atomic E-state index is 13.3. The number of ether oxygens (including phenoxy) is 3. The minimum atomic E-state index is -4.74. The predicted molar refractivity (Wildman–Crippen MR) is 115 cm³/mol. The van der Waals surface area contributed by atoms with E-state index in [0.717, 1.165) is 5.56 Å². The van der Waals surface area contributed by atoms with E-state index in [2.05, 4.69) is 9.64 Å². The number of benzene rings is 2. The van der Waals surface area contributed by atoms with Gasteiger partial charge in [-0.2, -0.15) is 0 Å². The third-order valence-electron chi connectivity index (χ3n) is 5.15. The number of halogens is 3. The smallest absolute Gasteiger partial charge is 0.493 e. The topological polar surface area (TPSA) is 101 Å². The minimum Gasteiger partial charge on any atom is -0.493 e. The van der Waals surface area contributed by atoms with Crippen molar-refractivity contribution in [1.29, 1.82) is 0 Å². The van der Waals surface area contributed by atoms with Crippen molar-refractivity contribution in [2.45, 2.75) is 17.8 Å². The largest absolute Gasteiger partial charge is 0.573 e. The average molecular weight is 503 g/mol. The Kier molecular flexibility index (Phi) is 8.36. The lowest BCUT2D eigenvalue weighted by atomic mass is 10.1. The monoisotopic (exact) mass is 503 g/mol. The van der Waals surface area contributed by atoms with E-state index in [1.54, 1.807) is 21.9 Å². The van der Waals surface area contributed by atoms with Crippen molar-refractivity contribution in [2.24, 2.45) is 0 Å². The molecule has 1 fully saturated rings. The summed E-state index contributed by atoms with van der Waals surface area (Å²) in [4.78, 5) is 14.5. The van der Waals surface area contributed by atoms with Gasteiger partial charge in [0.1, 0.15) is 22.3 Å². The molecule has 186 valence electrons. The predicted octanol–water partition coefficient (Wildman–Crippen LogP) is 2.56. The van der Waals surface area contributed by atoms with Gasteiger partial charge in [0, 0.05) is 32.7 Å². The highest BCUT2D eigenvalue weighted by Crippen LogP contribution is 2.35. The van der Waals surface area contributed by atoms with E-state index >= 15 is 0 Å². The standard InChI is InChI=1S/C21H24F3N3O6S/c1-31-16-7-8-17(18(19(16)32-2)20(28)25-29)34(30)27-11-9-26(10-12-27)13-14-3-5-15(6-4-14)33-21(22,23)24/h3-8,29H,9-13H2,1-2H3,(H,25,28). The molecular formula is C21H24F3N3O6S. The summed E-state index contributed by atoms with van der Waals surface area (Å²) in [6.07, 6.45) is -4.74. The molecule has 0 radical (unpaired) electrons. The summed E-state index contributed by atoms with van der Waals surface area (Å²) in [6, 6.07) is 8.67. The number of nitrogens with zero attached hydrogens (tertiary/aromatic N) is 2. The van der Waals surface area contributed by atoms with Gasteiger partial charge >= 0.3 is 6.36 Å². The van der Waals surface area contributed by atoms with Crippen molar-refractivity contribution in [3.05, 3.63) is 47.5 Å². The van der Waals surface area contributed by atoms with Crippen LogP contribution >= 0.6 is 0 Å². The lowest BCUT2D eigenvalue weighted by Crippen LogP contribution is -2.46. The molecule has 9 nitrogen and oxygen atoms in total. The third kappa shape index (κ3) is 6.17. The highest BCUT2D eigenvalue weighted by molar-refractivity contribution is 7.82. The first-order valence-electron chi connectivity index (χ1n) is 10.1. The fraction of sp³-hybridized carbons (Fsp3) is 0.381. The summed E-state index contributed by atoms with van der Waals surface area (Å²) >= 11 is 0. The van der Waals surface area contributed by atoms with Crippen LogP contribution < -0.4 is 19.7 Å². The molecule has 1 heterocycles. The fourth-order valence-electron chi connectivity index (χ4n) is 3.57. The van der Waals surface area contributed by atoms with Crippen LogP contribution in [-0.4, -0.2) is 71.3 Å². The number of hydrogen-bond donors (Lipinski definition) is 2. The lowest BCUT2D eigenvalue weighted by Gasteiger charge is -2.34. The van der Waals surface area contributed by atoms with Crippen LogP contribution in [0.3, 0.4) is 0 Å². The average Bonchev–Trinajstić information content (AvgIpc) is 2.82. The first-order valence-corrected chi connectivity index (χ1v) is 11.2. The number of amides is 1. The normalized spacial score (nSPS) is 16.1. The van der Waals surface area contributed by atoms with Crippen LogP contribution in [0.25, 0.3) is 0 Å². The minimum absolute atomic E-state index is 0.0523. The third-order valence-corrected chi connectivity index (χ3v) is 6.70. The fourth-order valence-corrected chi connectivity index (χ4v) is 4.89. The number of carbonyl (C=O) groups is 1. The number of alkyl halides is 3. The Labute approximate surface area is 196 Å². The van der Waals surface area contributed by atoms with Crippen molar-refractivity contribution in [3.8, 4) is 17.2 Å². The van der Waals surface area contributed by atoms with Crippen LogP contribution in [0, 0.1) is 0 Å². The summed E-state index contributed by atoms with van der Waals surface area (Å²) in [5.74, 6) is -0.861. The summed E-state index contributed by atoms with van der Waals surface area (Å²) in [5.41, 5.74) is 2.27. The molecule has 13 heteroatoms. The van der Waals surface area contributed by atoms with Crippen LogP contribution in [-0.2, 0) is 17.5 Å². The van der Waals surface area contributed by atoms with Crippen molar-refractivity contribution in [3.63, 3.8) is 0 Å². The number of piperazine rings is 1. The van der Waals surface area contributed by atoms with Gasteiger partial charge in [0.25, 0.3) is 5.91 Å². The summed E-state index contributed by atoms with van der Waals surface area (Å²) in [7, 11) is 1.00. The van der Waals surface area contributed by atoms with E-state index in [9.17, 15) is 22.2 Å². The Hall–Kier alpha value is -2.87. The Morgan fingerprint density at radius 1 is 1.06 bits per heavy atom. The molecule has 1 unspecified atom stereocenters. The maximum absolute atomic E-state index is 13.3. The molecule has 1 amide bonds. The second-order valence-electron chi connectivity index (χ2n) is 7.26. The van der Waals surface area contributed by atoms with Crippen LogP contribution in [0.5, 0.6) is 17.2 Å². The second-order valence-corrected chi connectivity index (χ2v) is 8.72. The van der Waals surface area contributed by atoms with Gasteiger partial charge in [-0.25, -0.2) is 14.0 Å². The zero-order chi connectivity index (χ0) is 24.9. The number of carbonyl (C=O) groups excluding carboxylic acids is 1. The van der Waals surface area contributed by atoms with E-state index in [-0.39, 0.29) is 27.7 Å². The van der Waals surface area contributed by atoms with Gasteiger partial charge in [-0.15, -0.1) is 13.2 Å². The highest BCUT2D eigenvalue weighted by Gasteiger charge is 2.31. The molecule has 1 aliphatic heterocycles. The van der Waals surface area contributed by atoms with Gasteiger partial charge in [-0.3, -0.25) is 14.9 Å². The van der Waals surface area contributed by atoms with Gasteiger partial charge < -0.3 is 14.2 Å². The van der Waals surface area contributed by atoms with Gasteiger partial charge in [0.05, 0.1) is 19.1 Å². The number of methoxy groups -OCH3 is 2. The Balaban J connectivity index is 1.66. The summed E-state index contributed by atoms with van der Waals surface area (Å²) in [5, 5.41) is 9.16. The molecule has 0 aromatic heterocycles. The Morgan fingerprint density at radius 2 is 1.71 bits per heavy atom. The molecule has 2 aromatic carbocycles. The summed E-state index contributed by atoms with van der Waals surface area (Å²) < 4.78 is 66.2. The molecule has 0 bridgehead atoms. The molecule has 1 atom stereocenters. The van der Waals surface area contributed by atoms with Crippen LogP contribution in [0.4, 0.5) is 13.2 Å². The van der Waals surface area contributed by atoms with Gasteiger partial charge in [-0.05, 0) is 29.8 Å². The van der Waals surface area contributed by atoms with Crippen molar-refractivity contribution >= 4 is 16.9 Å². The van der Waals surface area contributed by atoms with Crippen LogP contribution in [0.1, 0.15) is 15.9 Å². The Bertz CT molecular complexity index is 1030. The van der Waals surface area contributed by atoms with E-state index in [1.807, 2.05) is 0 Å². The SMILES string of the molecule is COc1ccc(S(=O)N2CCN(Cc3ccc(OC(F)(F)F)cc3)CC2)c(C(=O)NO)c1OC. The molecule has 34 heavy (non-hydrogen) atoms. The number of rotatable bonds is 8. The van der Waals surface area contributed by atoms with Crippen LogP contribution in [0.15, 0.2) is 41.3 Å². The molecule has 2 aromatic rings. The number of hydroxylamine groups is 1. The van der Waals surface area contributed by atoms with Gasteiger partial charge in [0.2, 0.25) is 0 Å². The summed E-state index contributed by atoms with van der Waals surface area (Å²) in [6.45, 7) is 2.41. The lowest BCUT2D eigenvalue weighted by molar-refractivity contribution is -0.274. The van der Waals surface area contributed by atoms with E-state index in [0.29, 0.717) is 32.7 Å². The molecule has 2 N–H and O–H groups in total. The maximum Gasteiger partial charge on any atom is 0.573 e. The van der Waals surface area contributed by atoms with E-state index < -0.39 is 23.3 Å². The quantitative estimate of drug-likeness (QED) is 0.422.